The summed E-state index contributed by atoms with van der Waals surface area (Å²) >= 11 is 1.44. The lowest BCUT2D eigenvalue weighted by Gasteiger charge is -2.38. The minimum atomic E-state index is -0.918. The summed E-state index contributed by atoms with van der Waals surface area (Å²) in [6.07, 6.45) is 9.09. The second-order valence-electron chi connectivity index (χ2n) is 12.8. The van der Waals surface area contributed by atoms with Gasteiger partial charge >= 0.3 is 5.97 Å². The van der Waals surface area contributed by atoms with Crippen molar-refractivity contribution < 1.29 is 24.2 Å². The van der Waals surface area contributed by atoms with E-state index in [9.17, 15) is 19.5 Å². The van der Waals surface area contributed by atoms with E-state index in [-0.39, 0.29) is 31.3 Å². The molecule has 0 radical (unpaired) electrons. The molecule has 252 valence electrons. The van der Waals surface area contributed by atoms with Crippen LogP contribution in [-0.4, -0.2) is 63.5 Å². The lowest BCUT2D eigenvalue weighted by molar-refractivity contribution is -0.153. The molecule has 2 amide bonds. The van der Waals surface area contributed by atoms with Gasteiger partial charge in [-0.1, -0.05) is 63.6 Å². The smallest absolute Gasteiger partial charge is 0.310 e. The lowest BCUT2D eigenvalue weighted by Crippen LogP contribution is -2.59. The number of nitrogens with zero attached hydrogens (tertiary/aromatic N) is 3. The number of ether oxygens (including phenoxy) is 1. The Morgan fingerprint density at radius 2 is 1.62 bits per heavy atom. The number of unbranched alkanes of at least 4 members (excludes halogenated alkanes) is 1. The van der Waals surface area contributed by atoms with Crippen molar-refractivity contribution in [1.82, 2.24) is 20.2 Å². The number of hydrogen-bond donors (Lipinski definition) is 2. The molecule has 0 spiro atoms. The van der Waals surface area contributed by atoms with Gasteiger partial charge in [-0.3, -0.25) is 14.4 Å². The molecule has 48 heavy (non-hydrogen) atoms. The van der Waals surface area contributed by atoms with Crippen LogP contribution in [0.5, 0.6) is 5.75 Å². The number of aryl methyl sites for hydroxylation is 1. The average Bonchev–Trinajstić information content (AvgIpc) is 3.54. The third-order valence-corrected chi connectivity index (χ3v) is 9.64. The number of aliphatic carboxylic acids is 1. The summed E-state index contributed by atoms with van der Waals surface area (Å²) in [6.45, 7) is 7.55. The first-order chi connectivity index (χ1) is 23.2. The van der Waals surface area contributed by atoms with Crippen LogP contribution in [-0.2, 0) is 22.4 Å². The van der Waals surface area contributed by atoms with E-state index in [1.165, 1.54) is 16.2 Å². The van der Waals surface area contributed by atoms with Gasteiger partial charge in [0.15, 0.2) is 5.82 Å². The van der Waals surface area contributed by atoms with Crippen molar-refractivity contribution in [1.29, 1.82) is 0 Å². The number of carboxylic acid groups (broad SMARTS) is 1. The van der Waals surface area contributed by atoms with E-state index >= 15 is 0 Å². The highest BCUT2D eigenvalue weighted by Crippen LogP contribution is 2.25. The number of rotatable bonds is 16. The Labute approximate surface area is 286 Å². The van der Waals surface area contributed by atoms with E-state index in [0.29, 0.717) is 23.2 Å². The summed E-state index contributed by atoms with van der Waals surface area (Å²) in [5, 5.41) is 12.2. The van der Waals surface area contributed by atoms with Crippen LogP contribution in [0.1, 0.15) is 66.6 Å². The number of likely N-dealkylation sites (tertiary alicyclic amines) is 1. The molecule has 1 saturated heterocycles. The van der Waals surface area contributed by atoms with Crippen LogP contribution in [0.15, 0.2) is 73.1 Å². The molecule has 1 aliphatic heterocycles. The van der Waals surface area contributed by atoms with Crippen molar-refractivity contribution in [2.75, 3.05) is 19.7 Å². The average molecular weight is 669 g/mol. The van der Waals surface area contributed by atoms with Gasteiger partial charge in [-0.25, -0.2) is 9.97 Å². The molecular formula is C38H44N4O5S. The fourth-order valence-electron chi connectivity index (χ4n) is 5.53. The summed E-state index contributed by atoms with van der Waals surface area (Å²) in [7, 11) is 0. The number of thiophene rings is 1. The highest BCUT2D eigenvalue weighted by molar-refractivity contribution is 7.14. The summed E-state index contributed by atoms with van der Waals surface area (Å²) < 4.78 is 5.86. The normalized spacial score (nSPS) is 13.6. The standard InChI is InChI=1S/C38H44N4O5S/c1-4-5-8-32-17-18-34(48-32)36(43)41-33(37(44)42-23-30(24-42)38(45)46)20-26-9-11-28(12-10-26)35-39-21-29(22-40-35)27-13-15-31(16-14-27)47-19-6-7-25(2)3/h9-18,21-22,25,30,33H,4-8,19-20,23-24H2,1-3H3,(H,41,43)(H,45,46)/t33-/m1/s1. The molecule has 0 saturated carbocycles. The molecule has 1 atom stereocenters. The van der Waals surface area contributed by atoms with Crippen molar-refractivity contribution in [3.05, 3.63) is 88.4 Å². The Morgan fingerprint density at radius 3 is 2.27 bits per heavy atom. The van der Waals surface area contributed by atoms with E-state index < -0.39 is 17.9 Å². The molecular weight excluding hydrogens is 625 g/mol. The number of carbonyl (C=O) groups excluding carboxylic acids is 2. The second kappa shape index (κ2) is 16.5. The molecule has 0 bridgehead atoms. The largest absolute Gasteiger partial charge is 0.494 e. The quantitative estimate of drug-likeness (QED) is 0.124. The molecule has 2 aromatic heterocycles. The van der Waals surface area contributed by atoms with Crippen LogP contribution >= 0.6 is 11.3 Å². The van der Waals surface area contributed by atoms with Gasteiger partial charge in [-0.05, 0) is 67.0 Å². The fourth-order valence-corrected chi connectivity index (χ4v) is 6.48. The highest BCUT2D eigenvalue weighted by atomic mass is 32.1. The lowest BCUT2D eigenvalue weighted by atomic mass is 9.97. The van der Waals surface area contributed by atoms with Gasteiger partial charge in [0.05, 0.1) is 17.4 Å². The van der Waals surface area contributed by atoms with Gasteiger partial charge in [0.25, 0.3) is 5.91 Å². The number of aromatic nitrogens is 2. The number of nitrogens with one attached hydrogen (secondary N) is 1. The van der Waals surface area contributed by atoms with Crippen LogP contribution in [0.4, 0.5) is 0 Å². The van der Waals surface area contributed by atoms with Crippen LogP contribution < -0.4 is 10.1 Å². The van der Waals surface area contributed by atoms with E-state index in [1.807, 2.05) is 54.6 Å². The SMILES string of the molecule is CCCCc1ccc(C(=O)N[C@H](Cc2ccc(-c3ncc(-c4ccc(OCCCC(C)C)cc4)cn3)cc2)C(=O)N2CC(C(=O)O)C2)s1. The molecule has 4 aromatic rings. The highest BCUT2D eigenvalue weighted by Gasteiger charge is 2.39. The van der Waals surface area contributed by atoms with Gasteiger partial charge in [-0.2, -0.15) is 0 Å². The number of amides is 2. The summed E-state index contributed by atoms with van der Waals surface area (Å²) in [4.78, 5) is 50.4. The molecule has 2 aromatic carbocycles. The van der Waals surface area contributed by atoms with Gasteiger partial charge in [0.1, 0.15) is 11.8 Å². The van der Waals surface area contributed by atoms with E-state index in [4.69, 9.17) is 4.74 Å². The summed E-state index contributed by atoms with van der Waals surface area (Å²) in [5.74, 6) is 0.0229. The zero-order valence-corrected chi connectivity index (χ0v) is 28.7. The molecule has 3 heterocycles. The number of carboxylic acids is 1. The van der Waals surface area contributed by atoms with E-state index in [0.717, 1.165) is 65.0 Å². The molecule has 9 nitrogen and oxygen atoms in total. The summed E-state index contributed by atoms with van der Waals surface area (Å²) in [5.41, 5.74) is 3.58. The van der Waals surface area contributed by atoms with Crippen LogP contribution in [0.25, 0.3) is 22.5 Å². The molecule has 0 unspecified atom stereocenters. The van der Waals surface area contributed by atoms with Crippen LogP contribution in [0, 0.1) is 11.8 Å². The molecule has 0 aliphatic carbocycles. The maximum atomic E-state index is 13.4. The first kappa shape index (κ1) is 34.8. The molecule has 1 fully saturated rings. The molecule has 2 N–H and O–H groups in total. The van der Waals surface area contributed by atoms with Gasteiger partial charge in [0, 0.05) is 47.9 Å². The fraction of sp³-hybridized carbons (Fsp3) is 0.395. The van der Waals surface area contributed by atoms with Crippen molar-refractivity contribution in [2.24, 2.45) is 11.8 Å². The Hall–Kier alpha value is -4.57. The topological polar surface area (TPSA) is 122 Å². The van der Waals surface area contributed by atoms with E-state index in [2.05, 4.69) is 36.1 Å². The van der Waals surface area contributed by atoms with Crippen LogP contribution in [0.2, 0.25) is 0 Å². The number of hydrogen-bond acceptors (Lipinski definition) is 7. The monoisotopic (exact) mass is 668 g/mol. The number of benzene rings is 2. The maximum Gasteiger partial charge on any atom is 0.310 e. The minimum Gasteiger partial charge on any atom is -0.494 e. The summed E-state index contributed by atoms with van der Waals surface area (Å²) in [6, 6.07) is 18.5. The maximum absolute atomic E-state index is 13.4. The van der Waals surface area contributed by atoms with Crippen molar-refractivity contribution in [3.63, 3.8) is 0 Å². The Balaban J connectivity index is 1.22. The minimum absolute atomic E-state index is 0.142. The van der Waals surface area contributed by atoms with Crippen molar-refractivity contribution in [3.8, 4) is 28.3 Å². The van der Waals surface area contributed by atoms with E-state index in [1.54, 1.807) is 18.5 Å². The predicted octanol–water partition coefficient (Wildman–Crippen LogP) is 6.91. The predicted molar refractivity (Wildman–Crippen MR) is 188 cm³/mol. The molecule has 10 heteroatoms. The van der Waals surface area contributed by atoms with Crippen LogP contribution in [0.3, 0.4) is 0 Å². The zero-order valence-electron chi connectivity index (χ0n) is 27.9. The Bertz CT molecular complexity index is 1660. The molecule has 1 aliphatic rings. The van der Waals surface area contributed by atoms with Gasteiger partial charge in [-0.15, -0.1) is 11.3 Å². The molecule has 5 rings (SSSR count). The Morgan fingerprint density at radius 1 is 0.938 bits per heavy atom. The third-order valence-electron chi connectivity index (χ3n) is 8.49. The Kier molecular flexibility index (Phi) is 11.9. The third kappa shape index (κ3) is 9.28. The second-order valence-corrected chi connectivity index (χ2v) is 13.9. The zero-order chi connectivity index (χ0) is 34.0. The number of carbonyl (C=O) groups is 3. The first-order valence-electron chi connectivity index (χ1n) is 16.8. The van der Waals surface area contributed by atoms with Gasteiger partial charge in [0.2, 0.25) is 5.91 Å². The van der Waals surface area contributed by atoms with Crippen molar-refractivity contribution in [2.45, 2.75) is 65.3 Å². The van der Waals surface area contributed by atoms with Crippen molar-refractivity contribution >= 4 is 29.1 Å². The first-order valence-corrected chi connectivity index (χ1v) is 17.6. The van der Waals surface area contributed by atoms with Gasteiger partial charge < -0.3 is 20.1 Å².